The number of piperidine rings is 1. The summed E-state index contributed by atoms with van der Waals surface area (Å²) in [6, 6.07) is 15.8. The summed E-state index contributed by atoms with van der Waals surface area (Å²) in [5.74, 6) is 1.43. The molecule has 1 aliphatic rings. The van der Waals surface area contributed by atoms with E-state index in [1.807, 2.05) is 74.1 Å². The number of fused-ring (bicyclic) bond motifs is 1. The fraction of sp³-hybridized carbons (Fsp3) is 0.321. The molecule has 1 amide bonds. The Kier molecular flexibility index (Phi) is 6.26. The molecule has 7 heteroatoms. The number of nitrogens with zero attached hydrogens (tertiary/aromatic N) is 4. The molecule has 2 aromatic carbocycles. The van der Waals surface area contributed by atoms with Crippen LogP contribution < -0.4 is 10.1 Å². The lowest BCUT2D eigenvalue weighted by Gasteiger charge is -2.30. The second-order valence-electron chi connectivity index (χ2n) is 9.47. The van der Waals surface area contributed by atoms with Crippen molar-refractivity contribution in [3.8, 4) is 22.8 Å². The molecule has 1 saturated heterocycles. The summed E-state index contributed by atoms with van der Waals surface area (Å²) in [4.78, 5) is 19.7. The highest BCUT2D eigenvalue weighted by Crippen LogP contribution is 2.29. The van der Waals surface area contributed by atoms with Crippen LogP contribution in [0, 0.1) is 13.8 Å². The van der Waals surface area contributed by atoms with Crippen molar-refractivity contribution in [2.45, 2.75) is 32.7 Å². The van der Waals surface area contributed by atoms with Gasteiger partial charge in [0.05, 0.1) is 16.9 Å². The Hall–Kier alpha value is -3.71. The second kappa shape index (κ2) is 9.50. The van der Waals surface area contributed by atoms with Gasteiger partial charge in [0.15, 0.2) is 0 Å². The van der Waals surface area contributed by atoms with Crippen LogP contribution in [0.25, 0.3) is 22.2 Å². The van der Waals surface area contributed by atoms with Gasteiger partial charge in [-0.3, -0.25) is 14.5 Å². The zero-order valence-corrected chi connectivity index (χ0v) is 20.7. The van der Waals surface area contributed by atoms with Crippen molar-refractivity contribution in [1.29, 1.82) is 0 Å². The first kappa shape index (κ1) is 23.1. The van der Waals surface area contributed by atoms with Crippen molar-refractivity contribution in [2.24, 2.45) is 7.05 Å². The molecule has 35 heavy (non-hydrogen) atoms. The average Bonchev–Trinajstić information content (AvgIpc) is 3.12. The minimum atomic E-state index is -0.0137. The van der Waals surface area contributed by atoms with Crippen LogP contribution in [0.5, 0.6) is 11.5 Å². The maximum Gasteiger partial charge on any atom is 0.251 e. The fourth-order valence-electron chi connectivity index (χ4n) is 4.88. The highest BCUT2D eigenvalue weighted by Gasteiger charge is 2.20. The molecule has 1 atom stereocenters. The maximum absolute atomic E-state index is 12.9. The van der Waals surface area contributed by atoms with Crippen LogP contribution in [-0.2, 0) is 7.05 Å². The van der Waals surface area contributed by atoms with Crippen LogP contribution in [0.1, 0.15) is 34.5 Å². The quantitative estimate of drug-likeness (QED) is 0.452. The molecule has 1 aliphatic heterocycles. The van der Waals surface area contributed by atoms with E-state index in [2.05, 4.69) is 27.3 Å². The van der Waals surface area contributed by atoms with E-state index in [-0.39, 0.29) is 11.9 Å². The van der Waals surface area contributed by atoms with Gasteiger partial charge in [-0.05, 0) is 76.2 Å². The van der Waals surface area contributed by atoms with Crippen molar-refractivity contribution in [2.75, 3.05) is 20.1 Å². The Labute approximate surface area is 205 Å². The molecule has 2 aromatic heterocycles. The first-order valence-corrected chi connectivity index (χ1v) is 12.0. The van der Waals surface area contributed by atoms with Gasteiger partial charge in [-0.25, -0.2) is 0 Å². The molecule has 1 fully saturated rings. The number of carbonyl (C=O) groups is 1. The van der Waals surface area contributed by atoms with Gasteiger partial charge < -0.3 is 15.0 Å². The van der Waals surface area contributed by atoms with E-state index in [0.29, 0.717) is 11.3 Å². The largest absolute Gasteiger partial charge is 0.457 e. The number of benzene rings is 2. The van der Waals surface area contributed by atoms with E-state index in [1.54, 1.807) is 6.20 Å². The molecule has 1 N–H and O–H groups in total. The van der Waals surface area contributed by atoms with Crippen LogP contribution in [0.15, 0.2) is 54.7 Å². The zero-order chi connectivity index (χ0) is 24.5. The van der Waals surface area contributed by atoms with E-state index in [4.69, 9.17) is 4.74 Å². The number of amides is 1. The third kappa shape index (κ3) is 4.91. The van der Waals surface area contributed by atoms with Gasteiger partial charge in [0.2, 0.25) is 0 Å². The molecule has 0 radical (unpaired) electrons. The van der Waals surface area contributed by atoms with Gasteiger partial charge >= 0.3 is 0 Å². The van der Waals surface area contributed by atoms with E-state index >= 15 is 0 Å². The number of aryl methyl sites for hydroxylation is 3. The Morgan fingerprint density at radius 3 is 2.69 bits per heavy atom. The van der Waals surface area contributed by atoms with Crippen LogP contribution in [0.3, 0.4) is 0 Å². The van der Waals surface area contributed by atoms with Gasteiger partial charge in [-0.15, -0.1) is 0 Å². The number of hydrogen-bond donors (Lipinski definition) is 1. The van der Waals surface area contributed by atoms with Gasteiger partial charge in [0.25, 0.3) is 5.91 Å². The van der Waals surface area contributed by atoms with Gasteiger partial charge in [-0.1, -0.05) is 6.07 Å². The Morgan fingerprint density at radius 2 is 1.89 bits per heavy atom. The van der Waals surface area contributed by atoms with E-state index in [1.165, 1.54) is 0 Å². The number of hydrogen-bond acceptors (Lipinski definition) is 5. The van der Waals surface area contributed by atoms with E-state index in [9.17, 15) is 4.79 Å². The summed E-state index contributed by atoms with van der Waals surface area (Å²) in [5, 5.41) is 8.79. The minimum absolute atomic E-state index is 0.0137. The number of carbonyl (C=O) groups excluding carboxylic acids is 1. The van der Waals surface area contributed by atoms with Gasteiger partial charge in [0, 0.05) is 54.5 Å². The maximum atomic E-state index is 12.9. The standard InChI is InChI=1S/C28H31N5O2/c1-18-14-20(7-9-24(18)28(34)30-21-6-5-13-32(3)17-21)26-15-23(11-12-29-26)35-22-8-10-25-19(2)31-33(4)27(25)16-22/h7-12,14-16,21H,5-6,13,17H2,1-4H3,(H,30,34). The number of nitrogens with one attached hydrogen (secondary N) is 1. The van der Waals surface area contributed by atoms with Crippen molar-refractivity contribution >= 4 is 16.8 Å². The molecular weight excluding hydrogens is 438 g/mol. The number of likely N-dealkylation sites (N-methyl/N-ethyl adjacent to an activating group) is 1. The fourth-order valence-corrected chi connectivity index (χ4v) is 4.88. The number of rotatable bonds is 5. The summed E-state index contributed by atoms with van der Waals surface area (Å²) in [6.07, 6.45) is 3.88. The third-order valence-electron chi connectivity index (χ3n) is 6.70. The normalized spacial score (nSPS) is 16.4. The van der Waals surface area contributed by atoms with Crippen molar-refractivity contribution in [3.63, 3.8) is 0 Å². The van der Waals surface area contributed by atoms with Gasteiger partial charge in [0.1, 0.15) is 11.5 Å². The smallest absolute Gasteiger partial charge is 0.251 e. The highest BCUT2D eigenvalue weighted by atomic mass is 16.5. The predicted molar refractivity (Wildman–Crippen MR) is 138 cm³/mol. The van der Waals surface area contributed by atoms with E-state index in [0.717, 1.165) is 65.1 Å². The van der Waals surface area contributed by atoms with Crippen LogP contribution in [0.4, 0.5) is 0 Å². The third-order valence-corrected chi connectivity index (χ3v) is 6.70. The van der Waals surface area contributed by atoms with Crippen molar-refractivity contribution < 1.29 is 9.53 Å². The Bertz CT molecular complexity index is 1390. The Balaban J connectivity index is 1.33. The summed E-state index contributed by atoms with van der Waals surface area (Å²) in [5.41, 5.74) is 5.39. The number of likely N-dealkylation sites (tertiary alicyclic amines) is 1. The summed E-state index contributed by atoms with van der Waals surface area (Å²) < 4.78 is 8.01. The molecule has 3 heterocycles. The summed E-state index contributed by atoms with van der Waals surface area (Å²) in [7, 11) is 4.03. The molecule has 4 aromatic rings. The lowest BCUT2D eigenvalue weighted by atomic mass is 10.0. The molecule has 7 nitrogen and oxygen atoms in total. The summed E-state index contributed by atoms with van der Waals surface area (Å²) >= 11 is 0. The Morgan fingerprint density at radius 1 is 1.06 bits per heavy atom. The number of pyridine rings is 1. The van der Waals surface area contributed by atoms with Crippen molar-refractivity contribution in [3.05, 3.63) is 71.5 Å². The molecular formula is C28H31N5O2. The van der Waals surface area contributed by atoms with Crippen LogP contribution in [0.2, 0.25) is 0 Å². The van der Waals surface area contributed by atoms with Crippen LogP contribution >= 0.6 is 0 Å². The molecule has 0 bridgehead atoms. The monoisotopic (exact) mass is 469 g/mol. The first-order chi connectivity index (χ1) is 16.9. The highest BCUT2D eigenvalue weighted by molar-refractivity contribution is 5.96. The van der Waals surface area contributed by atoms with Gasteiger partial charge in [-0.2, -0.15) is 5.10 Å². The average molecular weight is 470 g/mol. The van der Waals surface area contributed by atoms with Crippen molar-refractivity contribution in [1.82, 2.24) is 25.0 Å². The molecule has 1 unspecified atom stereocenters. The molecule has 0 spiro atoms. The lowest BCUT2D eigenvalue weighted by molar-refractivity contribution is 0.0912. The van der Waals surface area contributed by atoms with E-state index < -0.39 is 0 Å². The molecule has 0 saturated carbocycles. The molecule has 0 aliphatic carbocycles. The SMILES string of the molecule is Cc1cc(-c2cc(Oc3ccc4c(C)nn(C)c4c3)ccn2)ccc1C(=O)NC1CCCN(C)C1. The minimum Gasteiger partial charge on any atom is -0.457 e. The number of ether oxygens (including phenoxy) is 1. The topological polar surface area (TPSA) is 72.3 Å². The predicted octanol–water partition coefficient (Wildman–Crippen LogP) is 4.87. The number of aromatic nitrogens is 3. The summed E-state index contributed by atoms with van der Waals surface area (Å²) in [6.45, 7) is 5.96. The molecule has 5 rings (SSSR count). The zero-order valence-electron chi connectivity index (χ0n) is 20.7. The molecule has 180 valence electrons. The van der Waals surface area contributed by atoms with Crippen LogP contribution in [-0.4, -0.2) is 51.8 Å². The first-order valence-electron chi connectivity index (χ1n) is 12.0. The lowest BCUT2D eigenvalue weighted by Crippen LogP contribution is -2.46. The second-order valence-corrected chi connectivity index (χ2v) is 9.47.